The van der Waals surface area contributed by atoms with Crippen LogP contribution in [0.3, 0.4) is 0 Å². The van der Waals surface area contributed by atoms with Gasteiger partial charge in [-0.3, -0.25) is 0 Å². The molecule has 0 saturated heterocycles. The lowest BCUT2D eigenvalue weighted by Crippen LogP contribution is -2.36. The Bertz CT molecular complexity index is 959. The molecule has 72 heavy (non-hydrogen) atoms. The summed E-state index contributed by atoms with van der Waals surface area (Å²) in [6, 6.07) is 0. The Labute approximate surface area is 467 Å². The molecule has 0 rings (SSSR count). The molecular weight excluding hydrogens is 1030 g/mol. The van der Waals surface area contributed by atoms with Crippen molar-refractivity contribution in [3.63, 3.8) is 0 Å². The Morgan fingerprint density at radius 1 is 0.458 bits per heavy atom. The summed E-state index contributed by atoms with van der Waals surface area (Å²) < 4.78 is 51.6. The van der Waals surface area contributed by atoms with E-state index in [0.717, 1.165) is 0 Å². The van der Waals surface area contributed by atoms with Gasteiger partial charge in [0.05, 0.1) is 26.4 Å². The summed E-state index contributed by atoms with van der Waals surface area (Å²) in [5, 5.41) is 8.37. The van der Waals surface area contributed by atoms with Crippen molar-refractivity contribution in [1.29, 1.82) is 0 Å². The van der Waals surface area contributed by atoms with Crippen LogP contribution in [-0.4, -0.2) is 151 Å². The van der Waals surface area contributed by atoms with Crippen LogP contribution in [0.4, 0.5) is 0 Å². The van der Waals surface area contributed by atoms with Gasteiger partial charge in [-0.05, 0) is 93.2 Å². The van der Waals surface area contributed by atoms with E-state index in [1.165, 1.54) is 0 Å². The second-order valence-electron chi connectivity index (χ2n) is 18.6. The maximum absolute atomic E-state index is 11.2. The zero-order chi connectivity index (χ0) is 53.0. The normalized spacial score (nSPS) is 10.2. The molecule has 0 aromatic carbocycles. The highest BCUT2D eigenvalue weighted by molar-refractivity contribution is 6.75. The highest BCUT2D eigenvalue weighted by Crippen LogP contribution is 2.09. The molecule has 0 radical (unpaired) electrons. The lowest BCUT2D eigenvalue weighted by atomic mass is 10.3. The van der Waals surface area contributed by atoms with Crippen molar-refractivity contribution < 1.29 is 59.6 Å². The fraction of sp³-hybridized carbons (Fsp3) is 0.885. The molecular formula is C52H146O13Si7. The van der Waals surface area contributed by atoms with Gasteiger partial charge in [0.25, 0.3) is 0 Å². The van der Waals surface area contributed by atoms with Crippen molar-refractivity contribution in [2.45, 2.75) is 252 Å². The van der Waals surface area contributed by atoms with E-state index in [2.05, 4.69) is 91.7 Å². The van der Waals surface area contributed by atoms with Crippen molar-refractivity contribution in [3.05, 3.63) is 24.3 Å². The lowest BCUT2D eigenvalue weighted by Gasteiger charge is -2.22. The first kappa shape index (κ1) is 124. The van der Waals surface area contributed by atoms with Crippen LogP contribution in [0.25, 0.3) is 0 Å². The van der Waals surface area contributed by atoms with E-state index in [1.54, 1.807) is 63.2 Å². The minimum atomic E-state index is -2.03. The van der Waals surface area contributed by atoms with Gasteiger partial charge < -0.3 is 50.0 Å². The summed E-state index contributed by atoms with van der Waals surface area (Å²) in [5.41, 5.74) is 0.787. The quantitative estimate of drug-likeness (QED) is 0.0790. The molecule has 0 saturated carbocycles. The number of rotatable bonds is 18. The number of hydrogen-bond acceptors (Lipinski definition) is 13. The Morgan fingerprint density at radius 2 is 0.625 bits per heavy atom. The second kappa shape index (κ2) is 74.8. The number of aliphatic hydroxyl groups is 1. The first-order valence-corrected chi connectivity index (χ1v) is 44.2. The van der Waals surface area contributed by atoms with Crippen molar-refractivity contribution in [3.8, 4) is 0 Å². The molecule has 0 aliphatic rings. The van der Waals surface area contributed by atoms with Crippen LogP contribution in [0.1, 0.15) is 122 Å². The van der Waals surface area contributed by atoms with Crippen LogP contribution in [0.5, 0.6) is 0 Å². The van der Waals surface area contributed by atoms with Gasteiger partial charge in [0, 0.05) is 62.8 Å². The van der Waals surface area contributed by atoms with Gasteiger partial charge in [0.1, 0.15) is 12.2 Å². The van der Waals surface area contributed by atoms with E-state index in [0.29, 0.717) is 31.0 Å². The summed E-state index contributed by atoms with van der Waals surface area (Å²) >= 11 is 0. The average Bonchev–Trinajstić information content (AvgIpc) is 3.16. The number of esters is 2. The van der Waals surface area contributed by atoms with Gasteiger partial charge in [-0.2, -0.15) is 0 Å². The first-order valence-electron chi connectivity index (χ1n) is 22.2. The molecule has 460 valence electrons. The molecule has 13 nitrogen and oxygen atoms in total. The highest BCUT2D eigenvalue weighted by Gasteiger charge is 2.25. The fourth-order valence-corrected chi connectivity index (χ4v) is 3.95. The smallest absolute Gasteiger partial charge is 0.333 e. The van der Waals surface area contributed by atoms with Gasteiger partial charge in [-0.25, -0.2) is 9.59 Å². The number of aliphatic hydroxyl groups excluding tert-OH is 1. The molecule has 2 atom stereocenters. The molecule has 0 bridgehead atoms. The molecule has 0 aromatic rings. The van der Waals surface area contributed by atoms with Gasteiger partial charge in [0.15, 0.2) is 18.1 Å². The minimum absolute atomic E-state index is 0. The topological polar surface area (TPSA) is 147 Å². The van der Waals surface area contributed by atoms with E-state index in [9.17, 15) is 9.59 Å². The van der Waals surface area contributed by atoms with E-state index < -0.39 is 59.9 Å². The van der Waals surface area contributed by atoms with Crippen LogP contribution in [-0.2, 0) is 54.5 Å². The molecule has 0 fully saturated rings. The average molecular weight is 1180 g/mol. The number of carbonyl (C=O) groups is 2. The molecule has 0 heterocycles. The van der Waals surface area contributed by atoms with Gasteiger partial charge in [-0.1, -0.05) is 160 Å². The fourth-order valence-electron chi connectivity index (χ4n) is 1.74. The van der Waals surface area contributed by atoms with Crippen LogP contribution in [0, 0.1) is 0 Å². The summed E-state index contributed by atoms with van der Waals surface area (Å²) in [6.07, 6.45) is -0.563. The predicted octanol–water partition coefficient (Wildman–Crippen LogP) is 17.0. The van der Waals surface area contributed by atoms with Crippen LogP contribution < -0.4 is 0 Å². The Balaban J connectivity index is -0.0000000299. The van der Waals surface area contributed by atoms with Gasteiger partial charge >= 0.3 is 37.6 Å². The zero-order valence-corrected chi connectivity index (χ0v) is 54.7. The standard InChI is InChI=1S/2C10H20O4Si.C5H14O3Si.2C4H12Si.2C3H10OSi.2C2H6.9CH4/c2*1-8(2)10(11)14-9(3)7-13-15(5,6)12-4;1-7-9(2,3)8-5-4-6;2*1-5(2,3)4;2*1-4-5(2)3;2*1-2;;;;;;;;;/h2*9H,1,7H2,2-6H3;6H,4-5H2,1-3H3;2*1-4H3;2*5H,1-3H3;2*1-2H3;9*1H4. The molecule has 0 aliphatic carbocycles. The Hall–Kier alpha value is -0.422. The maximum Gasteiger partial charge on any atom is 0.333 e. The summed E-state index contributed by atoms with van der Waals surface area (Å²) in [5.74, 6) is -0.772. The van der Waals surface area contributed by atoms with Crippen molar-refractivity contribution in [1.82, 2.24) is 0 Å². The molecule has 0 amide bonds. The monoisotopic (exact) mass is 1170 g/mol. The molecule has 0 aromatic heterocycles. The molecule has 2 unspecified atom stereocenters. The van der Waals surface area contributed by atoms with Crippen molar-refractivity contribution in [2.75, 3.05) is 62.0 Å². The number of hydrogen-bond donors (Lipinski definition) is 1. The Morgan fingerprint density at radius 3 is 0.750 bits per heavy atom. The first-order chi connectivity index (χ1) is 28.2. The molecule has 1 N–H and O–H groups in total. The number of ether oxygens (including phenoxy) is 2. The third-order valence-corrected chi connectivity index (χ3v) is 13.1. The van der Waals surface area contributed by atoms with Crippen LogP contribution in [0.2, 0.25) is 118 Å². The Kier molecular flexibility index (Phi) is 129. The van der Waals surface area contributed by atoms with Crippen LogP contribution >= 0.6 is 0 Å². The van der Waals surface area contributed by atoms with E-state index in [4.69, 9.17) is 50.0 Å². The van der Waals surface area contributed by atoms with Crippen LogP contribution in [0.15, 0.2) is 24.3 Å². The van der Waals surface area contributed by atoms with Gasteiger partial charge in [-0.15, -0.1) is 0 Å². The van der Waals surface area contributed by atoms with E-state index >= 15 is 0 Å². The third kappa shape index (κ3) is 158. The maximum atomic E-state index is 11.2. The third-order valence-electron chi connectivity index (χ3n) is 5.60. The van der Waals surface area contributed by atoms with Crippen molar-refractivity contribution >= 4 is 71.8 Å². The predicted molar refractivity (Wildman–Crippen MR) is 353 cm³/mol. The summed E-state index contributed by atoms with van der Waals surface area (Å²) in [7, 11) is -0.0501. The summed E-state index contributed by atoms with van der Waals surface area (Å²) in [4.78, 5) is 22.3. The molecule has 0 spiro atoms. The van der Waals surface area contributed by atoms with Crippen molar-refractivity contribution in [2.24, 2.45) is 0 Å². The van der Waals surface area contributed by atoms with Gasteiger partial charge in [0.2, 0.25) is 0 Å². The zero-order valence-electron chi connectivity index (χ0n) is 47.4. The second-order valence-corrected chi connectivity index (χ2v) is 46.2. The molecule has 0 aliphatic heterocycles. The SMILES string of the molecule is C.C.C.C.C.C.C.C.C.C=C(C)C(=O)OC(C)CO[Si](C)(C)OC.C=C(C)C(=O)OC(C)CO[Si](C)(C)OC.CC.CC.CO[SiH](C)C.CO[SiH](C)C.CO[Si](C)(C)OCCO.C[Si](C)(C)C.C[Si](C)(C)C. The largest absolute Gasteiger partial charge is 0.457 e. The highest BCUT2D eigenvalue weighted by atomic mass is 28.4. The van der Waals surface area contributed by atoms with E-state index in [-0.39, 0.29) is 97.6 Å². The lowest BCUT2D eigenvalue weighted by molar-refractivity contribution is -0.145. The summed E-state index contributed by atoms with van der Waals surface area (Å²) in [6.45, 7) is 61.7. The number of carbonyl (C=O) groups excluding carboxylic acids is 2. The van der Waals surface area contributed by atoms with E-state index in [1.807, 2.05) is 67.0 Å². The minimum Gasteiger partial charge on any atom is -0.457 e. The molecule has 20 heteroatoms.